The molecule has 1 aromatic heterocycles. The number of fused-ring (bicyclic) bond motifs is 1. The SMILES string of the molecule is CC1CCC(NC(=O)c2ccc3ncsc3c2)C1. The zero-order valence-electron chi connectivity index (χ0n) is 10.3. The topological polar surface area (TPSA) is 42.0 Å². The van der Waals surface area contributed by atoms with Crippen molar-refractivity contribution in [2.24, 2.45) is 5.92 Å². The second-order valence-corrected chi connectivity index (χ2v) is 6.01. The van der Waals surface area contributed by atoms with Crippen molar-refractivity contribution in [3.8, 4) is 0 Å². The van der Waals surface area contributed by atoms with Crippen LogP contribution in [0.4, 0.5) is 0 Å². The maximum Gasteiger partial charge on any atom is 0.251 e. The van der Waals surface area contributed by atoms with E-state index in [0.29, 0.717) is 6.04 Å². The molecule has 2 unspecified atom stereocenters. The van der Waals surface area contributed by atoms with E-state index in [2.05, 4.69) is 17.2 Å². The van der Waals surface area contributed by atoms with Gasteiger partial charge >= 0.3 is 0 Å². The Morgan fingerprint density at radius 1 is 1.44 bits per heavy atom. The van der Waals surface area contributed by atoms with Gasteiger partial charge < -0.3 is 5.32 Å². The number of carbonyl (C=O) groups is 1. The van der Waals surface area contributed by atoms with Gasteiger partial charge in [-0.05, 0) is 43.4 Å². The fourth-order valence-electron chi connectivity index (χ4n) is 2.60. The van der Waals surface area contributed by atoms with Crippen molar-refractivity contribution in [3.05, 3.63) is 29.3 Å². The first-order valence-corrected chi connectivity index (χ1v) is 7.24. The average Bonchev–Trinajstić information content (AvgIpc) is 2.96. The number of hydrogen-bond donors (Lipinski definition) is 1. The van der Waals surface area contributed by atoms with E-state index in [1.165, 1.54) is 6.42 Å². The van der Waals surface area contributed by atoms with Crippen molar-refractivity contribution in [1.29, 1.82) is 0 Å². The summed E-state index contributed by atoms with van der Waals surface area (Å²) in [6, 6.07) is 6.05. The molecular weight excluding hydrogens is 244 g/mol. The molecule has 0 radical (unpaired) electrons. The Kier molecular flexibility index (Phi) is 3.04. The molecule has 3 nitrogen and oxygen atoms in total. The van der Waals surface area contributed by atoms with Crippen LogP contribution in [0.1, 0.15) is 36.5 Å². The number of nitrogens with zero attached hydrogens (tertiary/aromatic N) is 1. The third-order valence-corrected chi connectivity index (χ3v) is 4.42. The molecule has 1 aliphatic carbocycles. The van der Waals surface area contributed by atoms with Gasteiger partial charge in [0.15, 0.2) is 0 Å². The van der Waals surface area contributed by atoms with Gasteiger partial charge in [0, 0.05) is 11.6 Å². The maximum absolute atomic E-state index is 12.1. The van der Waals surface area contributed by atoms with E-state index in [1.54, 1.807) is 11.3 Å². The summed E-state index contributed by atoms with van der Waals surface area (Å²) in [5.74, 6) is 0.781. The van der Waals surface area contributed by atoms with E-state index < -0.39 is 0 Å². The molecule has 3 rings (SSSR count). The van der Waals surface area contributed by atoms with E-state index >= 15 is 0 Å². The van der Waals surface area contributed by atoms with Gasteiger partial charge in [0.25, 0.3) is 5.91 Å². The van der Waals surface area contributed by atoms with Gasteiger partial charge in [0.1, 0.15) is 0 Å². The molecule has 2 aromatic rings. The number of nitrogens with one attached hydrogen (secondary N) is 1. The van der Waals surface area contributed by atoms with Gasteiger partial charge in [-0.3, -0.25) is 4.79 Å². The highest BCUT2D eigenvalue weighted by Crippen LogP contribution is 2.25. The van der Waals surface area contributed by atoms with Gasteiger partial charge in [-0.2, -0.15) is 0 Å². The van der Waals surface area contributed by atoms with Crippen LogP contribution in [0, 0.1) is 5.92 Å². The van der Waals surface area contributed by atoms with Crippen LogP contribution in [-0.2, 0) is 0 Å². The molecule has 18 heavy (non-hydrogen) atoms. The Morgan fingerprint density at radius 2 is 2.33 bits per heavy atom. The minimum atomic E-state index is 0.0457. The van der Waals surface area contributed by atoms with E-state index in [-0.39, 0.29) is 5.91 Å². The molecule has 1 aliphatic rings. The van der Waals surface area contributed by atoms with Gasteiger partial charge in [-0.25, -0.2) is 4.98 Å². The van der Waals surface area contributed by atoms with Crippen molar-refractivity contribution in [1.82, 2.24) is 10.3 Å². The average molecular weight is 260 g/mol. The lowest BCUT2D eigenvalue weighted by Crippen LogP contribution is -2.32. The van der Waals surface area contributed by atoms with Crippen molar-refractivity contribution in [2.75, 3.05) is 0 Å². The largest absolute Gasteiger partial charge is 0.349 e. The lowest BCUT2D eigenvalue weighted by molar-refractivity contribution is 0.0937. The highest BCUT2D eigenvalue weighted by molar-refractivity contribution is 7.16. The highest BCUT2D eigenvalue weighted by Gasteiger charge is 2.23. The molecule has 0 bridgehead atoms. The zero-order valence-corrected chi connectivity index (χ0v) is 11.2. The first-order valence-electron chi connectivity index (χ1n) is 6.36. The van der Waals surface area contributed by atoms with E-state index in [0.717, 1.165) is 34.5 Å². The Hall–Kier alpha value is -1.42. The minimum Gasteiger partial charge on any atom is -0.349 e. The smallest absolute Gasteiger partial charge is 0.251 e. The number of benzene rings is 1. The van der Waals surface area contributed by atoms with Gasteiger partial charge in [0.2, 0.25) is 0 Å². The van der Waals surface area contributed by atoms with Crippen molar-refractivity contribution < 1.29 is 4.79 Å². The maximum atomic E-state index is 12.1. The third-order valence-electron chi connectivity index (χ3n) is 3.62. The summed E-state index contributed by atoms with van der Waals surface area (Å²) >= 11 is 1.57. The number of rotatable bonds is 2. The third kappa shape index (κ3) is 2.25. The second-order valence-electron chi connectivity index (χ2n) is 5.12. The highest BCUT2D eigenvalue weighted by atomic mass is 32.1. The van der Waals surface area contributed by atoms with Crippen LogP contribution in [0.2, 0.25) is 0 Å². The van der Waals surface area contributed by atoms with Crippen LogP contribution in [0.3, 0.4) is 0 Å². The summed E-state index contributed by atoms with van der Waals surface area (Å²) < 4.78 is 1.07. The van der Waals surface area contributed by atoms with Gasteiger partial charge in [0.05, 0.1) is 15.7 Å². The van der Waals surface area contributed by atoms with E-state index in [1.807, 2.05) is 23.7 Å². The van der Waals surface area contributed by atoms with E-state index in [4.69, 9.17) is 0 Å². The van der Waals surface area contributed by atoms with Crippen LogP contribution in [0.25, 0.3) is 10.2 Å². The number of hydrogen-bond acceptors (Lipinski definition) is 3. The summed E-state index contributed by atoms with van der Waals surface area (Å²) in [5, 5.41) is 3.13. The Bertz CT molecular complexity index is 578. The molecule has 1 N–H and O–H groups in total. The normalized spacial score (nSPS) is 23.4. The molecule has 0 spiro atoms. The summed E-state index contributed by atoms with van der Waals surface area (Å²) in [6.45, 7) is 2.25. The van der Waals surface area contributed by atoms with Crippen LogP contribution in [-0.4, -0.2) is 16.9 Å². The first-order chi connectivity index (χ1) is 8.72. The standard InChI is InChI=1S/C14H16N2OS/c1-9-2-4-11(6-9)16-14(17)10-3-5-12-13(7-10)18-8-15-12/h3,5,7-9,11H,2,4,6H2,1H3,(H,16,17). The number of thiazole rings is 1. The molecule has 0 saturated heterocycles. The molecule has 4 heteroatoms. The molecule has 1 amide bonds. The van der Waals surface area contributed by atoms with Gasteiger partial charge in [-0.15, -0.1) is 11.3 Å². The molecule has 0 aliphatic heterocycles. The van der Waals surface area contributed by atoms with Crippen molar-refractivity contribution >= 4 is 27.5 Å². The fraction of sp³-hybridized carbons (Fsp3) is 0.429. The van der Waals surface area contributed by atoms with Crippen molar-refractivity contribution in [3.63, 3.8) is 0 Å². The lowest BCUT2D eigenvalue weighted by Gasteiger charge is -2.12. The van der Waals surface area contributed by atoms with Crippen LogP contribution >= 0.6 is 11.3 Å². The Balaban J connectivity index is 1.75. The minimum absolute atomic E-state index is 0.0457. The number of amides is 1. The first kappa shape index (κ1) is 11.7. The predicted molar refractivity (Wildman–Crippen MR) is 73.9 cm³/mol. The molecular formula is C14H16N2OS. The second kappa shape index (κ2) is 4.69. The quantitative estimate of drug-likeness (QED) is 0.901. The fourth-order valence-corrected chi connectivity index (χ4v) is 3.32. The van der Waals surface area contributed by atoms with E-state index in [9.17, 15) is 4.79 Å². The molecule has 1 fully saturated rings. The van der Waals surface area contributed by atoms with Crippen LogP contribution in [0.5, 0.6) is 0 Å². The monoisotopic (exact) mass is 260 g/mol. The molecule has 1 heterocycles. The van der Waals surface area contributed by atoms with Crippen LogP contribution in [0.15, 0.2) is 23.7 Å². The predicted octanol–water partition coefficient (Wildman–Crippen LogP) is 3.21. The molecule has 1 saturated carbocycles. The number of carbonyl (C=O) groups excluding carboxylic acids is 1. The summed E-state index contributed by atoms with van der Waals surface area (Å²) in [5.41, 5.74) is 3.52. The van der Waals surface area contributed by atoms with Gasteiger partial charge in [-0.1, -0.05) is 6.92 Å². The lowest BCUT2D eigenvalue weighted by atomic mass is 10.1. The number of aromatic nitrogens is 1. The summed E-state index contributed by atoms with van der Waals surface area (Å²) in [4.78, 5) is 16.4. The van der Waals surface area contributed by atoms with Crippen LogP contribution < -0.4 is 5.32 Å². The molecule has 94 valence electrons. The Labute approximate surface area is 110 Å². The molecule has 1 aromatic carbocycles. The Morgan fingerprint density at radius 3 is 3.11 bits per heavy atom. The van der Waals surface area contributed by atoms with Crippen molar-refractivity contribution in [2.45, 2.75) is 32.2 Å². The summed E-state index contributed by atoms with van der Waals surface area (Å²) in [7, 11) is 0. The molecule has 2 atom stereocenters. The summed E-state index contributed by atoms with van der Waals surface area (Å²) in [6.07, 6.45) is 3.43. The zero-order chi connectivity index (χ0) is 12.5.